The summed E-state index contributed by atoms with van der Waals surface area (Å²) in [4.78, 5) is 9.84. The monoisotopic (exact) mass is 118 g/mol. The minimum Gasteiger partial charge on any atom is -0.268 e. The van der Waals surface area contributed by atoms with Crippen molar-refractivity contribution in [2.45, 2.75) is 0 Å². The number of hydroxylamine groups is 4. The Morgan fingerprint density at radius 1 is 1.12 bits per heavy atom. The highest BCUT2D eigenvalue weighted by Crippen LogP contribution is 1.97. The zero-order valence-corrected chi connectivity index (χ0v) is 5.13. The van der Waals surface area contributed by atoms with E-state index >= 15 is 0 Å². The Morgan fingerprint density at radius 2 is 1.62 bits per heavy atom. The molecule has 4 nitrogen and oxygen atoms in total. The minimum atomic E-state index is 0.326. The second-order valence-corrected chi connectivity index (χ2v) is 1.77. The van der Waals surface area contributed by atoms with Gasteiger partial charge in [0, 0.05) is 14.1 Å². The summed E-state index contributed by atoms with van der Waals surface area (Å²) in [6.07, 6.45) is 0. The van der Waals surface area contributed by atoms with Crippen LogP contribution in [0.2, 0.25) is 0 Å². The van der Waals surface area contributed by atoms with Gasteiger partial charge in [-0.25, -0.2) is 0 Å². The summed E-state index contributed by atoms with van der Waals surface area (Å²) in [5.74, 6) is 0. The summed E-state index contributed by atoms with van der Waals surface area (Å²) in [7, 11) is 3.72. The van der Waals surface area contributed by atoms with Gasteiger partial charge in [-0.05, 0) is 0 Å². The molecule has 48 valence electrons. The summed E-state index contributed by atoms with van der Waals surface area (Å²) < 4.78 is 0. The van der Waals surface area contributed by atoms with Crippen LogP contribution in [0.4, 0.5) is 0 Å². The second-order valence-electron chi connectivity index (χ2n) is 1.77. The Balaban J connectivity index is 2.23. The number of rotatable bonds is 0. The van der Waals surface area contributed by atoms with Crippen molar-refractivity contribution >= 4 is 0 Å². The van der Waals surface area contributed by atoms with Crippen molar-refractivity contribution in [3.8, 4) is 0 Å². The second kappa shape index (κ2) is 2.41. The van der Waals surface area contributed by atoms with Crippen LogP contribution in [-0.4, -0.2) is 37.7 Å². The van der Waals surface area contributed by atoms with Gasteiger partial charge in [0.1, 0.15) is 0 Å². The summed E-state index contributed by atoms with van der Waals surface area (Å²) in [5.41, 5.74) is 0. The van der Waals surface area contributed by atoms with Gasteiger partial charge in [-0.2, -0.15) is 10.1 Å². The lowest BCUT2D eigenvalue weighted by atomic mass is 10.9. The molecular weight excluding hydrogens is 108 g/mol. The number of hydrogen-bond acceptors (Lipinski definition) is 4. The molecule has 1 fully saturated rings. The van der Waals surface area contributed by atoms with Crippen molar-refractivity contribution in [2.75, 3.05) is 27.6 Å². The molecule has 0 spiro atoms. The quantitative estimate of drug-likeness (QED) is 0.433. The van der Waals surface area contributed by atoms with E-state index in [1.807, 2.05) is 14.1 Å². The van der Waals surface area contributed by atoms with Gasteiger partial charge in [-0.3, -0.25) is 9.68 Å². The molecule has 0 N–H and O–H groups in total. The molecule has 1 aliphatic rings. The van der Waals surface area contributed by atoms with Crippen LogP contribution in [0.1, 0.15) is 0 Å². The lowest BCUT2D eigenvalue weighted by Gasteiger charge is -2.28. The molecule has 4 heteroatoms. The molecule has 0 aromatic heterocycles. The van der Waals surface area contributed by atoms with Gasteiger partial charge in [0.2, 0.25) is 0 Å². The molecule has 0 aliphatic carbocycles. The zero-order chi connectivity index (χ0) is 5.98. The van der Waals surface area contributed by atoms with Crippen molar-refractivity contribution < 1.29 is 9.68 Å². The normalized spacial score (nSPS) is 26.2. The predicted octanol–water partition coefficient (Wildman–Crippen LogP) is -0.358. The van der Waals surface area contributed by atoms with E-state index in [4.69, 9.17) is 9.68 Å². The van der Waals surface area contributed by atoms with Crippen LogP contribution in [0.15, 0.2) is 0 Å². The molecule has 0 bridgehead atoms. The van der Waals surface area contributed by atoms with Gasteiger partial charge in [-0.15, -0.1) is 0 Å². The summed E-state index contributed by atoms with van der Waals surface area (Å²) in [5, 5.41) is 3.42. The highest BCUT2D eigenvalue weighted by atomic mass is 16.9. The van der Waals surface area contributed by atoms with Crippen LogP contribution in [0.25, 0.3) is 0 Å². The first-order valence-electron chi connectivity index (χ1n) is 2.47. The maximum absolute atomic E-state index is 4.92. The smallest absolute Gasteiger partial charge is 0.187 e. The van der Waals surface area contributed by atoms with E-state index in [0.717, 1.165) is 0 Å². The lowest BCUT2D eigenvalue weighted by Crippen LogP contribution is -2.39. The molecule has 0 radical (unpaired) electrons. The highest BCUT2D eigenvalue weighted by Gasteiger charge is 2.09. The van der Waals surface area contributed by atoms with Crippen LogP contribution >= 0.6 is 0 Å². The molecule has 0 aromatic rings. The SMILES string of the molecule is CN1CN(C)OCO1. The molecule has 0 atom stereocenters. The van der Waals surface area contributed by atoms with Crippen molar-refractivity contribution in [2.24, 2.45) is 0 Å². The van der Waals surface area contributed by atoms with E-state index in [1.165, 1.54) is 0 Å². The Bertz CT molecular complexity index is 70.4. The van der Waals surface area contributed by atoms with Gasteiger partial charge in [0.05, 0.1) is 6.67 Å². The van der Waals surface area contributed by atoms with E-state index in [2.05, 4.69) is 0 Å². The maximum atomic E-state index is 4.92. The summed E-state index contributed by atoms with van der Waals surface area (Å²) in [6.45, 7) is 1.02. The molecule has 0 unspecified atom stereocenters. The fourth-order valence-corrected chi connectivity index (χ4v) is 0.566. The van der Waals surface area contributed by atoms with Crippen LogP contribution in [0.5, 0.6) is 0 Å². The van der Waals surface area contributed by atoms with Crippen LogP contribution in [0, 0.1) is 0 Å². The number of nitrogens with zero attached hydrogens (tertiary/aromatic N) is 2. The fraction of sp³-hybridized carbons (Fsp3) is 1.00. The average Bonchev–Trinajstić information content (AvgIpc) is 1.64. The van der Waals surface area contributed by atoms with Crippen LogP contribution in [0.3, 0.4) is 0 Å². The van der Waals surface area contributed by atoms with E-state index < -0.39 is 0 Å². The molecule has 0 amide bonds. The van der Waals surface area contributed by atoms with Crippen LogP contribution < -0.4 is 0 Å². The van der Waals surface area contributed by atoms with E-state index in [-0.39, 0.29) is 0 Å². The Morgan fingerprint density at radius 3 is 1.88 bits per heavy atom. The number of hydrogen-bond donors (Lipinski definition) is 0. The summed E-state index contributed by atoms with van der Waals surface area (Å²) in [6, 6.07) is 0. The van der Waals surface area contributed by atoms with Gasteiger partial charge in [-0.1, -0.05) is 0 Å². The molecule has 8 heavy (non-hydrogen) atoms. The molecule has 0 aromatic carbocycles. The average molecular weight is 118 g/mol. The topological polar surface area (TPSA) is 24.9 Å². The maximum Gasteiger partial charge on any atom is 0.187 e. The first-order valence-corrected chi connectivity index (χ1v) is 2.47. The van der Waals surface area contributed by atoms with Crippen molar-refractivity contribution in [1.29, 1.82) is 0 Å². The Hall–Kier alpha value is -0.160. The van der Waals surface area contributed by atoms with Gasteiger partial charge < -0.3 is 0 Å². The van der Waals surface area contributed by atoms with E-state index in [0.29, 0.717) is 13.5 Å². The molecule has 1 saturated heterocycles. The van der Waals surface area contributed by atoms with Gasteiger partial charge in [0.25, 0.3) is 0 Å². The molecule has 1 aliphatic heterocycles. The van der Waals surface area contributed by atoms with Crippen molar-refractivity contribution in [3.63, 3.8) is 0 Å². The zero-order valence-electron chi connectivity index (χ0n) is 5.13. The van der Waals surface area contributed by atoms with E-state index in [9.17, 15) is 0 Å². The third kappa shape index (κ3) is 1.41. The fourth-order valence-electron chi connectivity index (χ4n) is 0.566. The van der Waals surface area contributed by atoms with Crippen molar-refractivity contribution in [3.05, 3.63) is 0 Å². The molecule has 1 rings (SSSR count). The lowest BCUT2D eigenvalue weighted by molar-refractivity contribution is -0.362. The standard InChI is InChI=1S/C4H10N2O2/c1-5-3-6(2)8-4-7-5/h3-4H2,1-2H3. The minimum absolute atomic E-state index is 0.326. The first kappa shape index (κ1) is 5.97. The molecule has 0 saturated carbocycles. The molecule has 1 heterocycles. The largest absolute Gasteiger partial charge is 0.268 e. The highest BCUT2D eigenvalue weighted by molar-refractivity contribution is 4.30. The van der Waals surface area contributed by atoms with Gasteiger partial charge >= 0.3 is 0 Å². The predicted molar refractivity (Wildman–Crippen MR) is 27.4 cm³/mol. The Kier molecular flexibility index (Phi) is 1.80. The first-order chi connectivity index (χ1) is 3.79. The van der Waals surface area contributed by atoms with Crippen molar-refractivity contribution in [1.82, 2.24) is 10.1 Å². The van der Waals surface area contributed by atoms with Gasteiger partial charge in [0.15, 0.2) is 6.79 Å². The Labute approximate surface area is 48.5 Å². The third-order valence-corrected chi connectivity index (χ3v) is 0.944. The molecular formula is C4H10N2O2. The third-order valence-electron chi connectivity index (χ3n) is 0.944. The van der Waals surface area contributed by atoms with Crippen LogP contribution in [-0.2, 0) is 9.68 Å². The van der Waals surface area contributed by atoms with E-state index in [1.54, 1.807) is 10.1 Å². The summed E-state index contributed by atoms with van der Waals surface area (Å²) >= 11 is 0.